The number of anilines is 1. The lowest BCUT2D eigenvalue weighted by atomic mass is 10.2. The molecule has 2 N–H and O–H groups in total. The molecule has 1 amide bonds. The summed E-state index contributed by atoms with van der Waals surface area (Å²) in [7, 11) is 0. The predicted molar refractivity (Wildman–Crippen MR) is 75.1 cm³/mol. The molecule has 0 radical (unpaired) electrons. The maximum absolute atomic E-state index is 11.4. The Labute approximate surface area is 119 Å². The van der Waals surface area contributed by atoms with E-state index in [-0.39, 0.29) is 18.1 Å². The van der Waals surface area contributed by atoms with Crippen LogP contribution in [-0.2, 0) is 4.79 Å². The van der Waals surface area contributed by atoms with Crippen LogP contribution >= 0.6 is 15.9 Å². The van der Waals surface area contributed by atoms with Crippen LogP contribution in [0, 0.1) is 17.0 Å². The molecule has 0 saturated carbocycles. The van der Waals surface area contributed by atoms with Gasteiger partial charge in [0.05, 0.1) is 15.9 Å². The van der Waals surface area contributed by atoms with Crippen LogP contribution in [0.1, 0.15) is 18.9 Å². The van der Waals surface area contributed by atoms with Gasteiger partial charge < -0.3 is 10.6 Å². The number of amides is 1. The summed E-state index contributed by atoms with van der Waals surface area (Å²) in [5.74, 6) is 0.265. The third kappa shape index (κ3) is 4.16. The molecule has 0 bridgehead atoms. The number of hydrogen-bond acceptors (Lipinski definition) is 5. The molecule has 0 saturated heterocycles. The number of rotatable bonds is 6. The number of hydrogen-bond donors (Lipinski definition) is 2. The third-order valence-corrected chi connectivity index (χ3v) is 3.39. The van der Waals surface area contributed by atoms with Crippen molar-refractivity contribution in [2.24, 2.45) is 0 Å². The van der Waals surface area contributed by atoms with Gasteiger partial charge in [-0.25, -0.2) is 4.98 Å². The fraction of sp³-hybridized carbons (Fsp3) is 0.455. The highest BCUT2D eigenvalue weighted by Gasteiger charge is 2.17. The summed E-state index contributed by atoms with van der Waals surface area (Å²) in [4.78, 5) is 25.6. The zero-order valence-corrected chi connectivity index (χ0v) is 12.3. The summed E-state index contributed by atoms with van der Waals surface area (Å²) in [6.45, 7) is 4.27. The van der Waals surface area contributed by atoms with Crippen molar-refractivity contribution in [1.29, 1.82) is 0 Å². The first kappa shape index (κ1) is 15.4. The number of pyridine rings is 1. The fourth-order valence-corrected chi connectivity index (χ4v) is 1.81. The molecule has 0 fully saturated rings. The third-order valence-electron chi connectivity index (χ3n) is 2.42. The van der Waals surface area contributed by atoms with E-state index in [1.54, 1.807) is 6.92 Å². The van der Waals surface area contributed by atoms with Crippen LogP contribution in [-0.4, -0.2) is 28.9 Å². The Hall–Kier alpha value is -1.70. The second kappa shape index (κ2) is 7.03. The summed E-state index contributed by atoms with van der Waals surface area (Å²) in [6, 6.07) is 0. The van der Waals surface area contributed by atoms with E-state index in [9.17, 15) is 14.9 Å². The zero-order chi connectivity index (χ0) is 14.4. The molecule has 104 valence electrons. The van der Waals surface area contributed by atoms with Gasteiger partial charge in [-0.1, -0.05) is 6.92 Å². The maximum Gasteiger partial charge on any atom is 0.291 e. The molecular weight excluding hydrogens is 316 g/mol. The number of nitrogens with one attached hydrogen (secondary N) is 2. The Kier molecular flexibility index (Phi) is 5.68. The van der Waals surface area contributed by atoms with Gasteiger partial charge in [0.25, 0.3) is 5.69 Å². The molecule has 7 nitrogen and oxygen atoms in total. The van der Waals surface area contributed by atoms with Crippen LogP contribution in [0.2, 0.25) is 0 Å². The monoisotopic (exact) mass is 330 g/mol. The van der Waals surface area contributed by atoms with E-state index in [2.05, 4.69) is 31.5 Å². The SMILES string of the molecule is CCCNC(=O)CNc1ncc([N+](=O)[O-])c(C)c1Br. The molecule has 1 heterocycles. The summed E-state index contributed by atoms with van der Waals surface area (Å²) in [6.07, 6.45) is 2.04. The quantitative estimate of drug-likeness (QED) is 0.614. The maximum atomic E-state index is 11.4. The lowest BCUT2D eigenvalue weighted by Gasteiger charge is -2.09. The Morgan fingerprint density at radius 2 is 2.26 bits per heavy atom. The van der Waals surface area contributed by atoms with Crippen molar-refractivity contribution in [3.63, 3.8) is 0 Å². The van der Waals surface area contributed by atoms with Gasteiger partial charge in [0, 0.05) is 12.1 Å². The molecule has 1 aromatic heterocycles. The minimum atomic E-state index is -0.495. The lowest BCUT2D eigenvalue weighted by Crippen LogP contribution is -2.30. The molecule has 0 spiro atoms. The topological polar surface area (TPSA) is 97.2 Å². The smallest absolute Gasteiger partial charge is 0.291 e. The van der Waals surface area contributed by atoms with Crippen molar-refractivity contribution < 1.29 is 9.72 Å². The van der Waals surface area contributed by atoms with Gasteiger partial charge in [-0.3, -0.25) is 14.9 Å². The van der Waals surface area contributed by atoms with Crippen LogP contribution in [0.4, 0.5) is 11.5 Å². The van der Waals surface area contributed by atoms with Crippen LogP contribution in [0.15, 0.2) is 10.7 Å². The summed E-state index contributed by atoms with van der Waals surface area (Å²) < 4.78 is 0.491. The second-order valence-electron chi connectivity index (χ2n) is 3.89. The first-order chi connectivity index (χ1) is 8.97. The van der Waals surface area contributed by atoms with Crippen LogP contribution < -0.4 is 10.6 Å². The Balaban J connectivity index is 2.73. The number of aromatic nitrogens is 1. The van der Waals surface area contributed by atoms with Crippen molar-refractivity contribution in [3.05, 3.63) is 26.3 Å². The van der Waals surface area contributed by atoms with Crippen molar-refractivity contribution in [3.8, 4) is 0 Å². The molecule has 19 heavy (non-hydrogen) atoms. The van der Waals surface area contributed by atoms with Crippen LogP contribution in [0.3, 0.4) is 0 Å². The number of halogens is 1. The van der Waals surface area contributed by atoms with Gasteiger partial charge in [0.1, 0.15) is 12.0 Å². The predicted octanol–water partition coefficient (Wildman–Crippen LogP) is 2.00. The normalized spacial score (nSPS) is 10.1. The van der Waals surface area contributed by atoms with E-state index in [1.165, 1.54) is 6.20 Å². The summed E-state index contributed by atoms with van der Waals surface area (Å²) in [5.41, 5.74) is 0.407. The van der Waals surface area contributed by atoms with Gasteiger partial charge in [-0.15, -0.1) is 0 Å². The summed E-state index contributed by atoms with van der Waals surface area (Å²) >= 11 is 3.24. The van der Waals surface area contributed by atoms with Gasteiger partial charge >= 0.3 is 0 Å². The molecule has 0 aromatic carbocycles. The average Bonchev–Trinajstić information content (AvgIpc) is 2.37. The highest BCUT2D eigenvalue weighted by molar-refractivity contribution is 9.10. The van der Waals surface area contributed by atoms with E-state index < -0.39 is 4.92 Å². The van der Waals surface area contributed by atoms with E-state index in [0.29, 0.717) is 22.4 Å². The van der Waals surface area contributed by atoms with E-state index in [4.69, 9.17) is 0 Å². The molecule has 0 aliphatic heterocycles. The molecule has 1 rings (SSSR count). The second-order valence-corrected chi connectivity index (χ2v) is 4.68. The molecule has 0 atom stereocenters. The van der Waals surface area contributed by atoms with Crippen molar-refractivity contribution in [1.82, 2.24) is 10.3 Å². The first-order valence-electron chi connectivity index (χ1n) is 5.77. The van der Waals surface area contributed by atoms with Gasteiger partial charge in [0.15, 0.2) is 0 Å². The molecule has 1 aromatic rings. The van der Waals surface area contributed by atoms with Crippen LogP contribution in [0.5, 0.6) is 0 Å². The van der Waals surface area contributed by atoms with Crippen molar-refractivity contribution in [2.45, 2.75) is 20.3 Å². The number of nitro groups is 1. The largest absolute Gasteiger partial charge is 0.360 e. The van der Waals surface area contributed by atoms with Gasteiger partial charge in [0.2, 0.25) is 5.91 Å². The molecular formula is C11H15BrN4O3. The van der Waals surface area contributed by atoms with Crippen molar-refractivity contribution >= 4 is 33.3 Å². The van der Waals surface area contributed by atoms with E-state index in [1.807, 2.05) is 6.92 Å². The summed E-state index contributed by atoms with van der Waals surface area (Å²) in [5, 5.41) is 16.3. The van der Waals surface area contributed by atoms with Crippen molar-refractivity contribution in [2.75, 3.05) is 18.4 Å². The van der Waals surface area contributed by atoms with Gasteiger partial charge in [-0.2, -0.15) is 0 Å². The highest BCUT2D eigenvalue weighted by Crippen LogP contribution is 2.30. The standard InChI is InChI=1S/C11H15BrN4O3/c1-3-4-13-9(17)6-15-11-10(12)7(2)8(5-14-11)16(18)19/h5H,3-4,6H2,1-2H3,(H,13,17)(H,14,15). The highest BCUT2D eigenvalue weighted by atomic mass is 79.9. The molecule has 0 aliphatic carbocycles. The first-order valence-corrected chi connectivity index (χ1v) is 6.56. The number of nitrogens with zero attached hydrogens (tertiary/aromatic N) is 2. The Bertz CT molecular complexity index is 493. The van der Waals surface area contributed by atoms with E-state index >= 15 is 0 Å². The Morgan fingerprint density at radius 1 is 1.58 bits per heavy atom. The number of carbonyl (C=O) groups is 1. The zero-order valence-electron chi connectivity index (χ0n) is 10.7. The molecule has 8 heteroatoms. The molecule has 0 unspecified atom stereocenters. The fourth-order valence-electron chi connectivity index (χ4n) is 1.37. The van der Waals surface area contributed by atoms with Crippen LogP contribution in [0.25, 0.3) is 0 Å². The lowest BCUT2D eigenvalue weighted by molar-refractivity contribution is -0.385. The van der Waals surface area contributed by atoms with Gasteiger partial charge in [-0.05, 0) is 29.3 Å². The molecule has 0 aliphatic rings. The minimum Gasteiger partial charge on any atom is -0.360 e. The number of carbonyl (C=O) groups excluding carboxylic acids is 1. The average molecular weight is 331 g/mol. The minimum absolute atomic E-state index is 0.0622. The Morgan fingerprint density at radius 3 is 2.84 bits per heavy atom. The van der Waals surface area contributed by atoms with E-state index in [0.717, 1.165) is 6.42 Å².